The van der Waals surface area contributed by atoms with Gasteiger partial charge in [0.05, 0.1) is 6.61 Å². The Hall–Kier alpha value is -1.06. The summed E-state index contributed by atoms with van der Waals surface area (Å²) in [5, 5.41) is 0. The molecule has 100 valence electrons. The zero-order valence-electron chi connectivity index (χ0n) is 11.4. The molecule has 18 heavy (non-hydrogen) atoms. The number of likely N-dealkylation sites (tertiary alicyclic amines) is 1. The lowest BCUT2D eigenvalue weighted by Gasteiger charge is -2.39. The van der Waals surface area contributed by atoms with Crippen LogP contribution in [-0.4, -0.2) is 31.6 Å². The van der Waals surface area contributed by atoms with Crippen LogP contribution in [0.3, 0.4) is 0 Å². The first-order chi connectivity index (χ1) is 8.77. The van der Waals surface area contributed by atoms with E-state index in [2.05, 4.69) is 30.1 Å². The SMILES string of the molecule is CCOc1ccccc1C1C(CN)CCCN1C. The molecule has 1 aliphatic heterocycles. The first-order valence-corrected chi connectivity index (χ1v) is 6.90. The quantitative estimate of drug-likeness (QED) is 0.889. The van der Waals surface area contributed by atoms with Crippen molar-refractivity contribution in [3.05, 3.63) is 29.8 Å². The molecule has 1 aromatic rings. The highest BCUT2D eigenvalue weighted by Gasteiger charge is 2.31. The van der Waals surface area contributed by atoms with Gasteiger partial charge in [0, 0.05) is 11.6 Å². The molecule has 0 spiro atoms. The number of hydrogen-bond donors (Lipinski definition) is 1. The van der Waals surface area contributed by atoms with Crippen LogP contribution in [0.25, 0.3) is 0 Å². The van der Waals surface area contributed by atoms with Gasteiger partial charge in [-0.15, -0.1) is 0 Å². The molecule has 1 saturated heterocycles. The van der Waals surface area contributed by atoms with E-state index in [9.17, 15) is 0 Å². The summed E-state index contributed by atoms with van der Waals surface area (Å²) < 4.78 is 5.76. The lowest BCUT2D eigenvalue weighted by atomic mass is 9.84. The maximum absolute atomic E-state index is 5.95. The van der Waals surface area contributed by atoms with Crippen molar-refractivity contribution in [3.63, 3.8) is 0 Å². The van der Waals surface area contributed by atoms with Gasteiger partial charge in [0.2, 0.25) is 0 Å². The molecule has 1 heterocycles. The van der Waals surface area contributed by atoms with Gasteiger partial charge in [0.1, 0.15) is 5.75 Å². The molecule has 0 radical (unpaired) electrons. The average molecular weight is 248 g/mol. The van der Waals surface area contributed by atoms with Gasteiger partial charge >= 0.3 is 0 Å². The predicted octanol–water partition coefficient (Wildman–Crippen LogP) is 2.43. The van der Waals surface area contributed by atoms with Crippen LogP contribution in [0.15, 0.2) is 24.3 Å². The summed E-state index contributed by atoms with van der Waals surface area (Å²) in [5.74, 6) is 1.54. The highest BCUT2D eigenvalue weighted by molar-refractivity contribution is 5.36. The maximum Gasteiger partial charge on any atom is 0.124 e. The predicted molar refractivity (Wildman–Crippen MR) is 74.8 cm³/mol. The van der Waals surface area contributed by atoms with Gasteiger partial charge in [0.15, 0.2) is 0 Å². The van der Waals surface area contributed by atoms with Gasteiger partial charge in [-0.25, -0.2) is 0 Å². The highest BCUT2D eigenvalue weighted by Crippen LogP contribution is 2.38. The minimum Gasteiger partial charge on any atom is -0.494 e. The number of benzene rings is 1. The zero-order valence-corrected chi connectivity index (χ0v) is 11.4. The second-order valence-electron chi connectivity index (χ2n) is 5.03. The Kier molecular flexibility index (Phi) is 4.61. The maximum atomic E-state index is 5.95. The smallest absolute Gasteiger partial charge is 0.124 e. The van der Waals surface area contributed by atoms with E-state index >= 15 is 0 Å². The molecule has 0 aliphatic carbocycles. The Bertz CT molecular complexity index is 381. The molecule has 0 amide bonds. The average Bonchev–Trinajstić information content (AvgIpc) is 2.40. The van der Waals surface area contributed by atoms with Crippen molar-refractivity contribution >= 4 is 0 Å². The van der Waals surface area contributed by atoms with Crippen LogP contribution < -0.4 is 10.5 Å². The monoisotopic (exact) mass is 248 g/mol. The Morgan fingerprint density at radius 1 is 1.39 bits per heavy atom. The van der Waals surface area contributed by atoms with E-state index < -0.39 is 0 Å². The third kappa shape index (κ3) is 2.68. The molecule has 2 N–H and O–H groups in total. The normalized spacial score (nSPS) is 25.1. The van der Waals surface area contributed by atoms with Crippen LogP contribution in [0.2, 0.25) is 0 Å². The zero-order chi connectivity index (χ0) is 13.0. The minimum atomic E-state index is 0.395. The van der Waals surface area contributed by atoms with Gasteiger partial charge in [-0.1, -0.05) is 18.2 Å². The van der Waals surface area contributed by atoms with Gasteiger partial charge in [0.25, 0.3) is 0 Å². The number of hydrogen-bond acceptors (Lipinski definition) is 3. The van der Waals surface area contributed by atoms with E-state index in [4.69, 9.17) is 10.5 Å². The first kappa shape index (κ1) is 13.4. The summed E-state index contributed by atoms with van der Waals surface area (Å²) >= 11 is 0. The molecule has 0 aromatic heterocycles. The fourth-order valence-electron chi connectivity index (χ4n) is 3.01. The molecule has 0 bridgehead atoms. The Labute approximate surface area is 110 Å². The Balaban J connectivity index is 2.32. The standard InChI is InChI=1S/C15H24N2O/c1-3-18-14-9-5-4-8-13(14)15-12(11-16)7-6-10-17(15)2/h4-5,8-9,12,15H,3,6-7,10-11,16H2,1-2H3. The van der Waals surface area contributed by atoms with Crippen molar-refractivity contribution in [3.8, 4) is 5.75 Å². The summed E-state index contributed by atoms with van der Waals surface area (Å²) in [6.07, 6.45) is 2.46. The van der Waals surface area contributed by atoms with E-state index in [0.717, 1.165) is 18.8 Å². The van der Waals surface area contributed by atoms with Crippen LogP contribution in [0.5, 0.6) is 5.75 Å². The highest BCUT2D eigenvalue weighted by atomic mass is 16.5. The summed E-state index contributed by atoms with van der Waals surface area (Å²) in [6.45, 7) is 4.62. The number of para-hydroxylation sites is 1. The van der Waals surface area contributed by atoms with Crippen molar-refractivity contribution in [1.82, 2.24) is 4.90 Å². The van der Waals surface area contributed by atoms with E-state index in [-0.39, 0.29) is 0 Å². The van der Waals surface area contributed by atoms with Crippen LogP contribution in [0, 0.1) is 5.92 Å². The summed E-state index contributed by atoms with van der Waals surface area (Å²) in [7, 11) is 2.19. The molecule has 2 rings (SSSR count). The fourth-order valence-corrected chi connectivity index (χ4v) is 3.01. The van der Waals surface area contributed by atoms with E-state index in [1.165, 1.54) is 18.4 Å². The van der Waals surface area contributed by atoms with Gasteiger partial charge in [-0.2, -0.15) is 0 Å². The number of rotatable bonds is 4. The third-order valence-corrected chi connectivity index (χ3v) is 3.85. The molecular formula is C15H24N2O. The first-order valence-electron chi connectivity index (χ1n) is 6.90. The number of ether oxygens (including phenoxy) is 1. The van der Waals surface area contributed by atoms with Crippen LogP contribution in [0.1, 0.15) is 31.4 Å². The second-order valence-corrected chi connectivity index (χ2v) is 5.03. The molecule has 0 saturated carbocycles. The molecular weight excluding hydrogens is 224 g/mol. The molecule has 3 nitrogen and oxygen atoms in total. The molecule has 1 aliphatic rings. The van der Waals surface area contributed by atoms with Crippen molar-refractivity contribution in [2.45, 2.75) is 25.8 Å². The summed E-state index contributed by atoms with van der Waals surface area (Å²) in [6, 6.07) is 8.77. The van der Waals surface area contributed by atoms with E-state index in [1.807, 2.05) is 13.0 Å². The number of piperidine rings is 1. The van der Waals surface area contributed by atoms with Crippen molar-refractivity contribution in [2.75, 3.05) is 26.7 Å². The molecule has 1 aromatic carbocycles. The second kappa shape index (κ2) is 6.21. The number of nitrogens with two attached hydrogens (primary N) is 1. The summed E-state index contributed by atoms with van der Waals surface area (Å²) in [4.78, 5) is 2.42. The lowest BCUT2D eigenvalue weighted by molar-refractivity contribution is 0.122. The Morgan fingerprint density at radius 2 is 2.17 bits per heavy atom. The van der Waals surface area contributed by atoms with Crippen molar-refractivity contribution in [1.29, 1.82) is 0 Å². The number of nitrogens with zero attached hydrogens (tertiary/aromatic N) is 1. The molecule has 1 fully saturated rings. The molecule has 2 atom stereocenters. The lowest BCUT2D eigenvalue weighted by Crippen LogP contribution is -2.39. The van der Waals surface area contributed by atoms with Crippen LogP contribution in [0.4, 0.5) is 0 Å². The van der Waals surface area contributed by atoms with Crippen molar-refractivity contribution < 1.29 is 4.74 Å². The fraction of sp³-hybridized carbons (Fsp3) is 0.600. The van der Waals surface area contributed by atoms with E-state index in [1.54, 1.807) is 0 Å². The summed E-state index contributed by atoms with van der Waals surface area (Å²) in [5.41, 5.74) is 7.24. The van der Waals surface area contributed by atoms with E-state index in [0.29, 0.717) is 18.6 Å². The largest absolute Gasteiger partial charge is 0.494 e. The minimum absolute atomic E-state index is 0.395. The molecule has 2 unspecified atom stereocenters. The van der Waals surface area contributed by atoms with Crippen LogP contribution >= 0.6 is 0 Å². The molecule has 3 heteroatoms. The van der Waals surface area contributed by atoms with Gasteiger partial charge in [-0.05, 0) is 51.9 Å². The van der Waals surface area contributed by atoms with Crippen LogP contribution in [-0.2, 0) is 0 Å². The van der Waals surface area contributed by atoms with Crippen molar-refractivity contribution in [2.24, 2.45) is 11.7 Å². The van der Waals surface area contributed by atoms with Gasteiger partial charge < -0.3 is 10.5 Å². The van der Waals surface area contributed by atoms with Gasteiger partial charge in [-0.3, -0.25) is 4.90 Å². The Morgan fingerprint density at radius 3 is 2.89 bits per heavy atom. The topological polar surface area (TPSA) is 38.5 Å². The third-order valence-electron chi connectivity index (χ3n) is 3.85.